The Balaban J connectivity index is 2.98. The molecular weight excluding hydrogens is 196 g/mol. The minimum absolute atomic E-state index is 0.223. The van der Waals surface area contributed by atoms with E-state index in [9.17, 15) is 4.79 Å². The van der Waals surface area contributed by atoms with Gasteiger partial charge in [0.1, 0.15) is 0 Å². The Morgan fingerprint density at radius 3 is 2.33 bits per heavy atom. The molecule has 0 aromatic heterocycles. The average Bonchev–Trinajstić information content (AvgIpc) is 2.26. The number of hydrogen-bond acceptors (Lipinski definition) is 4. The van der Waals surface area contributed by atoms with E-state index in [1.165, 1.54) is 0 Å². The lowest BCUT2D eigenvalue weighted by Gasteiger charge is -2.03. The third-order valence-electron chi connectivity index (χ3n) is 1.79. The number of ether oxygens (including phenoxy) is 2. The monoisotopic (exact) mass is 216 g/mol. The van der Waals surface area contributed by atoms with Crippen LogP contribution in [0.5, 0.6) is 0 Å². The standard InChI is InChI=1S/C11H20O4/c1-2-11(13)15-10-6-5-9-14-8-4-3-7-12/h2,12H,1,3-10H2. The molecule has 4 nitrogen and oxygen atoms in total. The maximum absolute atomic E-state index is 10.6. The first-order valence-electron chi connectivity index (χ1n) is 5.29. The molecule has 4 heteroatoms. The van der Waals surface area contributed by atoms with E-state index in [-0.39, 0.29) is 12.6 Å². The van der Waals surface area contributed by atoms with Crippen molar-refractivity contribution in [2.75, 3.05) is 26.4 Å². The van der Waals surface area contributed by atoms with Crippen molar-refractivity contribution in [2.45, 2.75) is 25.7 Å². The predicted molar refractivity (Wildman–Crippen MR) is 57.5 cm³/mol. The Bertz CT molecular complexity index is 168. The molecule has 0 atom stereocenters. The van der Waals surface area contributed by atoms with Gasteiger partial charge in [-0.05, 0) is 25.7 Å². The summed E-state index contributed by atoms with van der Waals surface area (Å²) in [6, 6.07) is 0. The molecule has 0 aromatic carbocycles. The van der Waals surface area contributed by atoms with E-state index < -0.39 is 0 Å². The molecule has 0 aliphatic carbocycles. The summed E-state index contributed by atoms with van der Waals surface area (Å²) >= 11 is 0. The molecule has 0 aromatic rings. The van der Waals surface area contributed by atoms with Gasteiger partial charge >= 0.3 is 5.97 Å². The molecule has 0 aliphatic rings. The molecule has 0 saturated carbocycles. The van der Waals surface area contributed by atoms with Gasteiger partial charge in [-0.2, -0.15) is 0 Å². The largest absolute Gasteiger partial charge is 0.463 e. The summed E-state index contributed by atoms with van der Waals surface area (Å²) in [5.74, 6) is -0.376. The Labute approximate surface area is 90.9 Å². The van der Waals surface area contributed by atoms with E-state index in [2.05, 4.69) is 6.58 Å². The second-order valence-corrected chi connectivity index (χ2v) is 3.12. The lowest BCUT2D eigenvalue weighted by atomic mass is 10.3. The number of hydrogen-bond donors (Lipinski definition) is 1. The molecular formula is C11H20O4. The number of unbranched alkanes of at least 4 members (excludes halogenated alkanes) is 2. The summed E-state index contributed by atoms with van der Waals surface area (Å²) < 4.78 is 10.1. The zero-order valence-electron chi connectivity index (χ0n) is 9.11. The van der Waals surface area contributed by atoms with Gasteiger partial charge in [-0.25, -0.2) is 4.79 Å². The fourth-order valence-corrected chi connectivity index (χ4v) is 0.956. The highest BCUT2D eigenvalue weighted by Gasteiger charge is 1.95. The molecule has 0 aliphatic heterocycles. The van der Waals surface area contributed by atoms with Crippen molar-refractivity contribution in [2.24, 2.45) is 0 Å². The van der Waals surface area contributed by atoms with Crippen LogP contribution in [0.25, 0.3) is 0 Å². The Morgan fingerprint density at radius 1 is 1.13 bits per heavy atom. The Morgan fingerprint density at radius 2 is 1.73 bits per heavy atom. The summed E-state index contributed by atoms with van der Waals surface area (Å²) in [5.41, 5.74) is 0. The number of carbonyl (C=O) groups is 1. The lowest BCUT2D eigenvalue weighted by Crippen LogP contribution is -2.04. The number of aliphatic hydroxyl groups is 1. The first kappa shape index (κ1) is 14.1. The van der Waals surface area contributed by atoms with Crippen LogP contribution in [-0.4, -0.2) is 37.5 Å². The van der Waals surface area contributed by atoms with E-state index >= 15 is 0 Å². The molecule has 0 fully saturated rings. The predicted octanol–water partition coefficient (Wildman–Crippen LogP) is 1.28. The van der Waals surface area contributed by atoms with Crippen molar-refractivity contribution in [3.63, 3.8) is 0 Å². The highest BCUT2D eigenvalue weighted by molar-refractivity contribution is 5.81. The lowest BCUT2D eigenvalue weighted by molar-refractivity contribution is -0.137. The normalized spacial score (nSPS) is 9.93. The van der Waals surface area contributed by atoms with Crippen LogP contribution in [0.2, 0.25) is 0 Å². The van der Waals surface area contributed by atoms with Crippen LogP contribution in [0, 0.1) is 0 Å². The first-order valence-corrected chi connectivity index (χ1v) is 5.29. The van der Waals surface area contributed by atoms with Crippen molar-refractivity contribution in [1.82, 2.24) is 0 Å². The highest BCUT2D eigenvalue weighted by Crippen LogP contribution is 1.94. The maximum Gasteiger partial charge on any atom is 0.330 e. The molecule has 15 heavy (non-hydrogen) atoms. The minimum atomic E-state index is -0.376. The zero-order chi connectivity index (χ0) is 11.4. The molecule has 0 radical (unpaired) electrons. The van der Waals surface area contributed by atoms with E-state index in [1.807, 2.05) is 0 Å². The summed E-state index contributed by atoms with van der Waals surface area (Å²) in [4.78, 5) is 10.6. The van der Waals surface area contributed by atoms with Gasteiger partial charge in [0, 0.05) is 25.9 Å². The molecule has 88 valence electrons. The number of esters is 1. The third-order valence-corrected chi connectivity index (χ3v) is 1.79. The Kier molecular flexibility index (Phi) is 10.6. The molecule has 1 N–H and O–H groups in total. The highest BCUT2D eigenvalue weighted by atomic mass is 16.5. The van der Waals surface area contributed by atoms with Crippen molar-refractivity contribution >= 4 is 5.97 Å². The summed E-state index contributed by atoms with van der Waals surface area (Å²) in [6.07, 6.45) is 4.52. The third kappa shape index (κ3) is 11.1. The second-order valence-electron chi connectivity index (χ2n) is 3.12. The van der Waals surface area contributed by atoms with E-state index in [0.717, 1.165) is 31.8 Å². The van der Waals surface area contributed by atoms with Gasteiger partial charge in [0.25, 0.3) is 0 Å². The molecule has 0 unspecified atom stereocenters. The van der Waals surface area contributed by atoms with Gasteiger partial charge in [-0.1, -0.05) is 6.58 Å². The minimum Gasteiger partial charge on any atom is -0.463 e. The van der Waals surface area contributed by atoms with Crippen LogP contribution in [0.1, 0.15) is 25.7 Å². The molecule has 0 saturated heterocycles. The van der Waals surface area contributed by atoms with Gasteiger partial charge in [-0.15, -0.1) is 0 Å². The first-order chi connectivity index (χ1) is 7.31. The molecule has 0 bridgehead atoms. The maximum atomic E-state index is 10.6. The van der Waals surface area contributed by atoms with E-state index in [1.54, 1.807) is 0 Å². The quantitative estimate of drug-likeness (QED) is 0.339. The topological polar surface area (TPSA) is 55.8 Å². The number of carbonyl (C=O) groups excluding carboxylic acids is 1. The average molecular weight is 216 g/mol. The fourth-order valence-electron chi connectivity index (χ4n) is 0.956. The summed E-state index contributed by atoms with van der Waals surface area (Å²) in [7, 11) is 0. The van der Waals surface area contributed by atoms with Crippen molar-refractivity contribution < 1.29 is 19.4 Å². The SMILES string of the molecule is C=CC(=O)OCCCCOCCCCO. The Hall–Kier alpha value is -0.870. The van der Waals surface area contributed by atoms with Gasteiger partial charge in [0.15, 0.2) is 0 Å². The summed E-state index contributed by atoms with van der Waals surface area (Å²) in [5, 5.41) is 8.50. The number of rotatable bonds is 10. The number of aliphatic hydroxyl groups excluding tert-OH is 1. The van der Waals surface area contributed by atoms with Crippen molar-refractivity contribution in [3.05, 3.63) is 12.7 Å². The molecule has 0 heterocycles. The van der Waals surface area contributed by atoms with E-state index in [4.69, 9.17) is 14.6 Å². The fraction of sp³-hybridized carbons (Fsp3) is 0.727. The molecule has 0 spiro atoms. The van der Waals surface area contributed by atoms with Crippen molar-refractivity contribution in [1.29, 1.82) is 0 Å². The van der Waals surface area contributed by atoms with Crippen LogP contribution in [-0.2, 0) is 14.3 Å². The molecule has 0 amide bonds. The van der Waals surface area contributed by atoms with Gasteiger partial charge in [0.2, 0.25) is 0 Å². The van der Waals surface area contributed by atoms with Crippen LogP contribution in [0.3, 0.4) is 0 Å². The van der Waals surface area contributed by atoms with Crippen LogP contribution in [0.15, 0.2) is 12.7 Å². The van der Waals surface area contributed by atoms with Crippen LogP contribution in [0.4, 0.5) is 0 Å². The second kappa shape index (κ2) is 11.2. The van der Waals surface area contributed by atoms with Crippen LogP contribution >= 0.6 is 0 Å². The molecule has 0 rings (SSSR count). The van der Waals surface area contributed by atoms with Gasteiger partial charge < -0.3 is 14.6 Å². The van der Waals surface area contributed by atoms with E-state index in [0.29, 0.717) is 19.8 Å². The smallest absolute Gasteiger partial charge is 0.330 e. The van der Waals surface area contributed by atoms with Crippen LogP contribution < -0.4 is 0 Å². The zero-order valence-corrected chi connectivity index (χ0v) is 9.11. The summed E-state index contributed by atoms with van der Waals surface area (Å²) in [6.45, 7) is 5.31. The van der Waals surface area contributed by atoms with Gasteiger partial charge in [-0.3, -0.25) is 0 Å². The van der Waals surface area contributed by atoms with Gasteiger partial charge in [0.05, 0.1) is 6.61 Å². The van der Waals surface area contributed by atoms with Crippen molar-refractivity contribution in [3.8, 4) is 0 Å².